The number of hydrogen-bond donors (Lipinski definition) is 0. The summed E-state index contributed by atoms with van der Waals surface area (Å²) in [7, 11) is -2.18. The molecule has 0 aliphatic heterocycles. The fourth-order valence-corrected chi connectivity index (χ4v) is 3.86. The first-order chi connectivity index (χ1) is 14.3. The van der Waals surface area contributed by atoms with Crippen molar-refractivity contribution in [2.75, 3.05) is 18.0 Å². The Bertz CT molecular complexity index is 1110. The second-order valence-corrected chi connectivity index (χ2v) is 8.82. The van der Waals surface area contributed by atoms with Crippen molar-refractivity contribution in [1.29, 1.82) is 0 Å². The molecule has 0 aromatic heterocycles. The van der Waals surface area contributed by atoms with Gasteiger partial charge in [0.05, 0.1) is 10.6 Å². The van der Waals surface area contributed by atoms with Gasteiger partial charge in [0.25, 0.3) is 10.0 Å². The predicted octanol–water partition coefficient (Wildman–Crippen LogP) is 4.11. The Balaban J connectivity index is 1.60. The summed E-state index contributed by atoms with van der Waals surface area (Å²) in [5.41, 5.74) is 2.53. The molecule has 0 saturated carbocycles. The zero-order chi connectivity index (χ0) is 21.7. The first-order valence-electron chi connectivity index (χ1n) is 9.31. The maximum atomic E-state index is 12.8. The van der Waals surface area contributed by atoms with Crippen molar-refractivity contribution in [1.82, 2.24) is 0 Å². The van der Waals surface area contributed by atoms with Crippen molar-refractivity contribution in [2.24, 2.45) is 0 Å². The topological polar surface area (TPSA) is 72.9 Å². The first-order valence-corrected chi connectivity index (χ1v) is 10.8. The van der Waals surface area contributed by atoms with Gasteiger partial charge in [0.1, 0.15) is 11.5 Å². The summed E-state index contributed by atoms with van der Waals surface area (Å²) < 4.78 is 37.4. The molecule has 6 nitrogen and oxygen atoms in total. The smallest absolute Gasteiger partial charge is 0.349 e. The third kappa shape index (κ3) is 5.18. The van der Waals surface area contributed by atoms with E-state index in [9.17, 15) is 13.2 Å². The van der Waals surface area contributed by atoms with Gasteiger partial charge in [-0.1, -0.05) is 35.4 Å². The molecule has 0 aliphatic rings. The van der Waals surface area contributed by atoms with E-state index in [0.29, 0.717) is 17.2 Å². The largest absolute Gasteiger partial charge is 0.482 e. The van der Waals surface area contributed by atoms with Crippen LogP contribution in [0.15, 0.2) is 77.7 Å². The second kappa shape index (κ2) is 9.00. The van der Waals surface area contributed by atoms with Crippen LogP contribution in [-0.4, -0.2) is 28.0 Å². The minimum absolute atomic E-state index is 0.217. The molecule has 0 fully saturated rings. The van der Waals surface area contributed by atoms with Gasteiger partial charge in [-0.2, -0.15) is 0 Å². The monoisotopic (exact) mass is 425 g/mol. The van der Waals surface area contributed by atoms with E-state index in [4.69, 9.17) is 9.47 Å². The summed E-state index contributed by atoms with van der Waals surface area (Å²) in [5, 5.41) is 0. The second-order valence-electron chi connectivity index (χ2n) is 6.86. The van der Waals surface area contributed by atoms with Crippen LogP contribution in [0.1, 0.15) is 11.1 Å². The van der Waals surface area contributed by atoms with Crippen molar-refractivity contribution in [2.45, 2.75) is 18.7 Å². The van der Waals surface area contributed by atoms with Gasteiger partial charge in [-0.15, -0.1) is 0 Å². The lowest BCUT2D eigenvalue weighted by Gasteiger charge is -2.20. The SMILES string of the molecule is Cc1ccc(OC(=O)COc2ccc(N(C)S(=O)(=O)c3ccc(C)cc3)cc2)cc1. The number of carbonyl (C=O) groups is 1. The molecule has 0 radical (unpaired) electrons. The van der Waals surface area contributed by atoms with Crippen molar-refractivity contribution < 1.29 is 22.7 Å². The van der Waals surface area contributed by atoms with E-state index in [1.54, 1.807) is 60.7 Å². The van der Waals surface area contributed by atoms with E-state index < -0.39 is 16.0 Å². The van der Waals surface area contributed by atoms with Crippen molar-refractivity contribution >= 4 is 21.7 Å². The quantitative estimate of drug-likeness (QED) is 0.421. The molecule has 0 unspecified atom stereocenters. The molecule has 0 bridgehead atoms. The Morgan fingerprint density at radius 3 is 1.87 bits per heavy atom. The molecule has 0 heterocycles. The minimum atomic E-state index is -3.67. The molecule has 3 aromatic carbocycles. The summed E-state index contributed by atoms with van der Waals surface area (Å²) >= 11 is 0. The van der Waals surface area contributed by atoms with Crippen molar-refractivity contribution in [3.63, 3.8) is 0 Å². The molecule has 156 valence electrons. The average Bonchev–Trinajstić information content (AvgIpc) is 2.74. The molecule has 0 aliphatic carbocycles. The summed E-state index contributed by atoms with van der Waals surface area (Å²) in [6.45, 7) is 3.59. The lowest BCUT2D eigenvalue weighted by molar-refractivity contribution is -0.136. The normalized spacial score (nSPS) is 11.0. The minimum Gasteiger partial charge on any atom is -0.482 e. The molecule has 0 amide bonds. The molecule has 30 heavy (non-hydrogen) atoms. The third-order valence-corrected chi connectivity index (χ3v) is 6.29. The molecule has 0 saturated heterocycles. The lowest BCUT2D eigenvalue weighted by atomic mass is 10.2. The Hall–Kier alpha value is -3.32. The van der Waals surface area contributed by atoms with Crippen LogP contribution in [0.3, 0.4) is 0 Å². The summed E-state index contributed by atoms with van der Waals surface area (Å²) in [4.78, 5) is 12.1. The van der Waals surface area contributed by atoms with Crippen LogP contribution in [0.4, 0.5) is 5.69 Å². The number of benzene rings is 3. The Morgan fingerprint density at radius 1 is 0.800 bits per heavy atom. The van der Waals surface area contributed by atoms with E-state index in [0.717, 1.165) is 11.1 Å². The molecule has 3 aromatic rings. The number of hydrogen-bond acceptors (Lipinski definition) is 5. The number of carbonyl (C=O) groups excluding carboxylic acids is 1. The number of rotatable bonds is 7. The van der Waals surface area contributed by atoms with Gasteiger partial charge in [0.15, 0.2) is 6.61 Å². The number of nitrogens with zero attached hydrogens (tertiary/aromatic N) is 1. The zero-order valence-corrected chi connectivity index (χ0v) is 17.8. The molecule has 0 atom stereocenters. The van der Waals surface area contributed by atoms with Crippen molar-refractivity contribution in [3.05, 3.63) is 83.9 Å². The van der Waals surface area contributed by atoms with Gasteiger partial charge < -0.3 is 9.47 Å². The zero-order valence-electron chi connectivity index (χ0n) is 17.0. The van der Waals surface area contributed by atoms with E-state index in [2.05, 4.69) is 0 Å². The highest BCUT2D eigenvalue weighted by molar-refractivity contribution is 7.92. The van der Waals surface area contributed by atoms with E-state index in [-0.39, 0.29) is 11.5 Å². The number of esters is 1. The first kappa shape index (κ1) is 21.4. The maximum Gasteiger partial charge on any atom is 0.349 e. The third-order valence-electron chi connectivity index (χ3n) is 4.49. The van der Waals surface area contributed by atoms with Crippen LogP contribution in [0.25, 0.3) is 0 Å². The predicted molar refractivity (Wildman–Crippen MR) is 116 cm³/mol. The number of ether oxygens (including phenoxy) is 2. The Labute approximate surface area is 176 Å². The molecule has 0 N–H and O–H groups in total. The number of anilines is 1. The maximum absolute atomic E-state index is 12.8. The van der Waals surface area contributed by atoms with Gasteiger partial charge in [-0.05, 0) is 62.4 Å². The lowest BCUT2D eigenvalue weighted by Crippen LogP contribution is -2.26. The summed E-state index contributed by atoms with van der Waals surface area (Å²) in [5.74, 6) is 0.357. The Morgan fingerprint density at radius 2 is 1.30 bits per heavy atom. The summed E-state index contributed by atoms with van der Waals surface area (Å²) in [6.07, 6.45) is 0. The van der Waals surface area contributed by atoms with Crippen LogP contribution in [0.2, 0.25) is 0 Å². The molecular weight excluding hydrogens is 402 g/mol. The van der Waals surface area contributed by atoms with E-state index in [1.165, 1.54) is 11.4 Å². The van der Waals surface area contributed by atoms with Gasteiger partial charge in [0, 0.05) is 7.05 Å². The van der Waals surface area contributed by atoms with Gasteiger partial charge >= 0.3 is 5.97 Å². The standard InChI is InChI=1S/C23H23NO5S/c1-17-4-10-21(11-5-17)29-23(25)16-28-20-12-8-19(9-13-20)24(3)30(26,27)22-14-6-18(2)7-15-22/h4-15H,16H2,1-3H3. The van der Waals surface area contributed by atoms with Crippen LogP contribution in [0, 0.1) is 13.8 Å². The van der Waals surface area contributed by atoms with E-state index >= 15 is 0 Å². The van der Waals surface area contributed by atoms with Crippen LogP contribution in [-0.2, 0) is 14.8 Å². The van der Waals surface area contributed by atoms with Crippen molar-refractivity contribution in [3.8, 4) is 11.5 Å². The van der Waals surface area contributed by atoms with Crippen LogP contribution in [0.5, 0.6) is 11.5 Å². The van der Waals surface area contributed by atoms with Gasteiger partial charge in [0.2, 0.25) is 0 Å². The summed E-state index contributed by atoms with van der Waals surface area (Å²) in [6, 6.07) is 20.3. The molecular formula is C23H23NO5S. The van der Waals surface area contributed by atoms with Crippen LogP contribution < -0.4 is 13.8 Å². The highest BCUT2D eigenvalue weighted by atomic mass is 32.2. The number of aryl methyl sites for hydroxylation is 2. The fourth-order valence-electron chi connectivity index (χ4n) is 2.67. The Kier molecular flexibility index (Phi) is 6.42. The molecule has 0 spiro atoms. The fraction of sp³-hybridized carbons (Fsp3) is 0.174. The highest BCUT2D eigenvalue weighted by Crippen LogP contribution is 2.24. The molecule has 7 heteroatoms. The van der Waals surface area contributed by atoms with Gasteiger partial charge in [-0.3, -0.25) is 4.31 Å². The average molecular weight is 426 g/mol. The number of sulfonamides is 1. The van der Waals surface area contributed by atoms with Gasteiger partial charge in [-0.25, -0.2) is 13.2 Å². The molecule has 3 rings (SSSR count). The van der Waals surface area contributed by atoms with E-state index in [1.807, 2.05) is 26.0 Å². The van der Waals surface area contributed by atoms with Crippen LogP contribution >= 0.6 is 0 Å². The highest BCUT2D eigenvalue weighted by Gasteiger charge is 2.21.